The minimum Gasteiger partial charge on any atom is -0.478 e. The molecule has 1 aliphatic rings. The van der Waals surface area contributed by atoms with E-state index in [9.17, 15) is 41.8 Å². The number of ether oxygens (including phenoxy) is 2. The first-order valence-corrected chi connectivity index (χ1v) is 17.4. The van der Waals surface area contributed by atoms with E-state index in [0.717, 1.165) is 16.0 Å². The molecule has 1 amide bonds. The van der Waals surface area contributed by atoms with Gasteiger partial charge in [-0.3, -0.25) is 4.79 Å². The standard InChI is InChI=1S/C40H32F5NO6S/c1-21-30(20-53-28-16-14-25(15-17-28)39(49)50)51-40(52-37(21)24-8-6-22(19-47)7-9-24)26-12-10-23(11-13-26)29-5-3-2-4-27(29)18-46-38(48)31-32(41)34(43)36(45)35(44)33(31)42/h2-17,21,30,37,40,47H,18-20H2,1H3,(H,46,48)(H,49,50)/t21-,30+,37+,40+/m0/s1. The minimum absolute atomic E-state index is 0.0942. The van der Waals surface area contributed by atoms with Crippen LogP contribution in [0.4, 0.5) is 22.0 Å². The van der Waals surface area contributed by atoms with Crippen molar-refractivity contribution in [2.75, 3.05) is 5.75 Å². The average molecular weight is 750 g/mol. The Balaban J connectivity index is 1.21. The van der Waals surface area contributed by atoms with Crippen molar-refractivity contribution < 1.29 is 51.2 Å². The molecule has 0 aliphatic carbocycles. The van der Waals surface area contributed by atoms with Crippen LogP contribution in [0.15, 0.2) is 102 Å². The molecule has 4 atom stereocenters. The third-order valence-electron chi connectivity index (χ3n) is 9.03. The summed E-state index contributed by atoms with van der Waals surface area (Å²) in [7, 11) is 0. The molecule has 274 valence electrons. The number of halogens is 5. The number of carboxylic acids is 1. The lowest BCUT2D eigenvalue weighted by molar-refractivity contribution is -0.268. The van der Waals surface area contributed by atoms with Gasteiger partial charge < -0.3 is 25.0 Å². The molecule has 6 rings (SSSR count). The summed E-state index contributed by atoms with van der Waals surface area (Å²) < 4.78 is 82.5. The number of benzene rings is 5. The molecule has 0 bridgehead atoms. The second-order valence-electron chi connectivity index (χ2n) is 12.4. The second-order valence-corrected chi connectivity index (χ2v) is 13.5. The number of aliphatic hydroxyl groups is 1. The van der Waals surface area contributed by atoms with Crippen LogP contribution >= 0.6 is 11.8 Å². The van der Waals surface area contributed by atoms with E-state index in [1.165, 1.54) is 11.8 Å². The summed E-state index contributed by atoms with van der Waals surface area (Å²) in [4.78, 5) is 24.8. The molecule has 0 aromatic heterocycles. The molecule has 7 nitrogen and oxygen atoms in total. The van der Waals surface area contributed by atoms with Crippen molar-refractivity contribution in [2.24, 2.45) is 5.92 Å². The molecule has 0 spiro atoms. The smallest absolute Gasteiger partial charge is 0.335 e. The summed E-state index contributed by atoms with van der Waals surface area (Å²) in [6, 6.07) is 28.2. The number of nitrogens with one attached hydrogen (secondary N) is 1. The number of aliphatic hydroxyl groups excluding tert-OH is 1. The summed E-state index contributed by atoms with van der Waals surface area (Å²) >= 11 is 1.53. The highest BCUT2D eigenvalue weighted by atomic mass is 32.2. The highest BCUT2D eigenvalue weighted by Gasteiger charge is 2.38. The molecule has 0 saturated carbocycles. The summed E-state index contributed by atoms with van der Waals surface area (Å²) in [5, 5.41) is 21.1. The Morgan fingerprint density at radius 3 is 1.98 bits per heavy atom. The van der Waals surface area contributed by atoms with Crippen molar-refractivity contribution in [3.8, 4) is 11.1 Å². The quantitative estimate of drug-likeness (QED) is 0.0537. The Labute approximate surface area is 305 Å². The molecule has 5 aromatic rings. The van der Waals surface area contributed by atoms with E-state index >= 15 is 0 Å². The Kier molecular flexibility index (Phi) is 11.6. The zero-order valence-electron chi connectivity index (χ0n) is 28.0. The van der Waals surface area contributed by atoms with Gasteiger partial charge in [-0.1, -0.05) is 79.7 Å². The van der Waals surface area contributed by atoms with Crippen LogP contribution in [-0.2, 0) is 22.6 Å². The lowest BCUT2D eigenvalue weighted by Crippen LogP contribution is -2.38. The molecule has 1 saturated heterocycles. The molecule has 3 N–H and O–H groups in total. The number of hydrogen-bond acceptors (Lipinski definition) is 6. The molecular formula is C40H32F5NO6S. The topological polar surface area (TPSA) is 105 Å². The number of thioether (sulfide) groups is 1. The third-order valence-corrected chi connectivity index (χ3v) is 10.1. The van der Waals surface area contributed by atoms with E-state index in [2.05, 4.69) is 5.32 Å². The van der Waals surface area contributed by atoms with Gasteiger partial charge >= 0.3 is 5.97 Å². The molecule has 53 heavy (non-hydrogen) atoms. The van der Waals surface area contributed by atoms with Crippen LogP contribution in [0, 0.1) is 35.0 Å². The minimum atomic E-state index is -2.35. The first kappa shape index (κ1) is 37.7. The van der Waals surface area contributed by atoms with Crippen LogP contribution < -0.4 is 5.32 Å². The van der Waals surface area contributed by atoms with Crippen LogP contribution in [0.3, 0.4) is 0 Å². The highest BCUT2D eigenvalue weighted by molar-refractivity contribution is 7.99. The lowest BCUT2D eigenvalue weighted by atomic mass is 9.91. The Hall–Kier alpha value is -5.08. The fraction of sp³-hybridized carbons (Fsp3) is 0.200. The van der Waals surface area contributed by atoms with E-state index in [4.69, 9.17) is 9.47 Å². The zero-order valence-corrected chi connectivity index (χ0v) is 28.8. The van der Waals surface area contributed by atoms with E-state index in [1.807, 2.05) is 55.5 Å². The third kappa shape index (κ3) is 8.13. The average Bonchev–Trinajstić information content (AvgIpc) is 3.18. The Morgan fingerprint density at radius 2 is 1.36 bits per heavy atom. The lowest BCUT2D eigenvalue weighted by Gasteiger charge is -2.41. The highest BCUT2D eigenvalue weighted by Crippen LogP contribution is 2.43. The fourth-order valence-electron chi connectivity index (χ4n) is 6.03. The molecule has 1 aliphatic heterocycles. The van der Waals surface area contributed by atoms with Crippen molar-refractivity contribution in [1.82, 2.24) is 5.32 Å². The maximum absolute atomic E-state index is 14.2. The second kappa shape index (κ2) is 16.3. The molecular weight excluding hydrogens is 717 g/mol. The molecule has 5 aromatic carbocycles. The van der Waals surface area contributed by atoms with Gasteiger partial charge in [-0.15, -0.1) is 11.8 Å². The first-order chi connectivity index (χ1) is 25.5. The number of carbonyl (C=O) groups excluding carboxylic acids is 1. The van der Waals surface area contributed by atoms with Gasteiger partial charge in [0.05, 0.1) is 24.4 Å². The van der Waals surface area contributed by atoms with Crippen molar-refractivity contribution in [3.63, 3.8) is 0 Å². The van der Waals surface area contributed by atoms with Crippen LogP contribution in [0.5, 0.6) is 0 Å². The van der Waals surface area contributed by atoms with E-state index in [1.54, 1.807) is 48.5 Å². The van der Waals surface area contributed by atoms with Crippen molar-refractivity contribution >= 4 is 23.6 Å². The summed E-state index contributed by atoms with van der Waals surface area (Å²) in [5.41, 5.74) is 2.84. The van der Waals surface area contributed by atoms with Gasteiger partial charge in [0.15, 0.2) is 29.6 Å². The number of carbonyl (C=O) groups is 2. The maximum atomic E-state index is 14.2. The number of amides is 1. The first-order valence-electron chi connectivity index (χ1n) is 16.4. The van der Waals surface area contributed by atoms with Gasteiger partial charge in [-0.2, -0.15) is 0 Å². The zero-order chi connectivity index (χ0) is 37.8. The summed E-state index contributed by atoms with van der Waals surface area (Å²) in [6.07, 6.45) is -1.44. The maximum Gasteiger partial charge on any atom is 0.335 e. The van der Waals surface area contributed by atoms with Gasteiger partial charge in [-0.05, 0) is 52.1 Å². The van der Waals surface area contributed by atoms with Gasteiger partial charge in [-0.25, -0.2) is 26.7 Å². The van der Waals surface area contributed by atoms with Crippen molar-refractivity contribution in [1.29, 1.82) is 0 Å². The van der Waals surface area contributed by atoms with E-state index < -0.39 is 52.8 Å². The van der Waals surface area contributed by atoms with Gasteiger partial charge in [0.1, 0.15) is 5.56 Å². The Morgan fingerprint density at radius 1 is 0.755 bits per heavy atom. The molecule has 1 fully saturated rings. The molecule has 0 unspecified atom stereocenters. The molecule has 1 heterocycles. The number of rotatable bonds is 11. The van der Waals surface area contributed by atoms with Crippen molar-refractivity contribution in [2.45, 2.75) is 43.5 Å². The van der Waals surface area contributed by atoms with Crippen LogP contribution in [0.25, 0.3) is 11.1 Å². The normalized spacial score (nSPS) is 18.5. The van der Waals surface area contributed by atoms with Crippen LogP contribution in [0.1, 0.15) is 62.3 Å². The monoisotopic (exact) mass is 749 g/mol. The van der Waals surface area contributed by atoms with Gasteiger partial charge in [0.25, 0.3) is 5.91 Å². The van der Waals surface area contributed by atoms with Crippen molar-refractivity contribution in [3.05, 3.63) is 160 Å². The van der Waals surface area contributed by atoms with E-state index in [0.29, 0.717) is 28.0 Å². The summed E-state index contributed by atoms with van der Waals surface area (Å²) in [6.45, 7) is 1.66. The largest absolute Gasteiger partial charge is 0.478 e. The Bertz CT molecular complexity index is 2090. The van der Waals surface area contributed by atoms with Gasteiger partial charge in [0.2, 0.25) is 5.82 Å². The predicted octanol–water partition coefficient (Wildman–Crippen LogP) is 8.75. The predicted molar refractivity (Wildman–Crippen MR) is 186 cm³/mol. The SMILES string of the molecule is C[C@H]1[C@@H](CSc2ccc(C(=O)O)cc2)O[C@@H](c2ccc(-c3ccccc3CNC(=O)c3c(F)c(F)c(F)c(F)c3F)cc2)O[C@H]1c1ccc(CO)cc1. The van der Waals surface area contributed by atoms with Crippen LogP contribution in [0.2, 0.25) is 0 Å². The molecule has 0 radical (unpaired) electrons. The number of hydrogen-bond donors (Lipinski definition) is 3. The van der Waals surface area contributed by atoms with E-state index in [-0.39, 0.29) is 36.8 Å². The fourth-order valence-corrected chi connectivity index (χ4v) is 7.09. The van der Waals surface area contributed by atoms with Gasteiger partial charge in [0, 0.05) is 28.7 Å². The number of aromatic carboxylic acids is 1. The molecule has 13 heteroatoms. The summed E-state index contributed by atoms with van der Waals surface area (Å²) in [5.74, 6) is -13.2. The number of carboxylic acid groups (broad SMARTS) is 1. The van der Waals surface area contributed by atoms with Crippen LogP contribution in [-0.4, -0.2) is 33.9 Å².